The molecule has 0 spiro atoms. The van der Waals surface area contributed by atoms with Gasteiger partial charge in [-0.3, -0.25) is 4.79 Å². The third-order valence-corrected chi connectivity index (χ3v) is 4.41. The Kier molecular flexibility index (Phi) is 3.82. The van der Waals surface area contributed by atoms with Crippen molar-refractivity contribution in [1.29, 1.82) is 0 Å². The van der Waals surface area contributed by atoms with Crippen LogP contribution in [0.2, 0.25) is 0 Å². The van der Waals surface area contributed by atoms with Crippen molar-refractivity contribution in [2.75, 3.05) is 6.61 Å². The van der Waals surface area contributed by atoms with Gasteiger partial charge in [0.2, 0.25) is 0 Å². The minimum absolute atomic E-state index is 0.0153. The van der Waals surface area contributed by atoms with Crippen LogP contribution in [0, 0.1) is 0 Å². The van der Waals surface area contributed by atoms with E-state index in [0.29, 0.717) is 22.6 Å². The Hall–Kier alpha value is -2.59. The average molecular weight is 381 g/mol. The van der Waals surface area contributed by atoms with Gasteiger partial charge in [-0.1, -0.05) is 40.2 Å². The molecule has 0 amide bonds. The van der Waals surface area contributed by atoms with Gasteiger partial charge in [-0.25, -0.2) is 0 Å². The monoisotopic (exact) mass is 380 g/mol. The summed E-state index contributed by atoms with van der Waals surface area (Å²) in [5, 5.41) is 0. The fourth-order valence-corrected chi connectivity index (χ4v) is 2.92. The van der Waals surface area contributed by atoms with Crippen molar-refractivity contribution in [1.82, 2.24) is 0 Å². The van der Waals surface area contributed by atoms with E-state index in [0.717, 1.165) is 15.8 Å². The molecule has 4 heteroatoms. The molecule has 0 saturated heterocycles. The Morgan fingerprint density at radius 2 is 1.75 bits per heavy atom. The lowest BCUT2D eigenvalue weighted by Gasteiger charge is -2.18. The van der Waals surface area contributed by atoms with Gasteiger partial charge in [-0.15, -0.1) is 0 Å². The lowest BCUT2D eigenvalue weighted by atomic mass is 10.00. The first kappa shape index (κ1) is 15.0. The summed E-state index contributed by atoms with van der Waals surface area (Å²) in [7, 11) is 0. The van der Waals surface area contributed by atoms with Crippen LogP contribution in [0.3, 0.4) is 0 Å². The summed E-state index contributed by atoms with van der Waals surface area (Å²) in [5.74, 6) is 2.02. The Morgan fingerprint density at radius 1 is 0.958 bits per heavy atom. The maximum absolute atomic E-state index is 12.5. The summed E-state index contributed by atoms with van der Waals surface area (Å²) in [5.41, 5.74) is 2.17. The number of ketones is 1. The van der Waals surface area contributed by atoms with Crippen LogP contribution >= 0.6 is 15.9 Å². The molecule has 1 aromatic heterocycles. The zero-order valence-electron chi connectivity index (χ0n) is 12.7. The van der Waals surface area contributed by atoms with Gasteiger partial charge in [0.05, 0.1) is 5.56 Å². The van der Waals surface area contributed by atoms with Crippen molar-refractivity contribution >= 4 is 27.8 Å². The van der Waals surface area contributed by atoms with E-state index in [1.54, 1.807) is 12.1 Å². The number of carbonyl (C=O) groups is 1. The minimum Gasteiger partial charge on any atom is -0.488 e. The topological polar surface area (TPSA) is 39.4 Å². The lowest BCUT2D eigenvalue weighted by molar-refractivity contribution is 0.100. The van der Waals surface area contributed by atoms with Crippen LogP contribution in [0.1, 0.15) is 16.1 Å². The van der Waals surface area contributed by atoms with Crippen molar-refractivity contribution < 1.29 is 13.9 Å². The van der Waals surface area contributed by atoms with Gasteiger partial charge in [-0.2, -0.15) is 0 Å². The summed E-state index contributed by atoms with van der Waals surface area (Å²) >= 11 is 3.42. The van der Waals surface area contributed by atoms with Crippen LogP contribution in [0.15, 0.2) is 75.1 Å². The number of Topliss-reactive ketones (excluding diaryl/α,β-unsaturated/α-hetero) is 1. The highest BCUT2D eigenvalue weighted by Crippen LogP contribution is 2.29. The molecule has 0 fully saturated rings. The number of ether oxygens (including phenoxy) is 1. The van der Waals surface area contributed by atoms with Gasteiger partial charge >= 0.3 is 0 Å². The molecule has 0 atom stereocenters. The highest BCUT2D eigenvalue weighted by molar-refractivity contribution is 9.10. The highest BCUT2D eigenvalue weighted by Gasteiger charge is 2.23. The van der Waals surface area contributed by atoms with Crippen molar-refractivity contribution in [3.8, 4) is 17.1 Å². The molecule has 0 bridgehead atoms. The molecular weight excluding hydrogens is 368 g/mol. The normalized spacial score (nSPS) is 15.2. The van der Waals surface area contributed by atoms with E-state index in [-0.39, 0.29) is 12.4 Å². The number of fused-ring (bicyclic) bond motifs is 1. The van der Waals surface area contributed by atoms with Crippen molar-refractivity contribution in [2.45, 2.75) is 0 Å². The molecule has 0 radical (unpaired) electrons. The summed E-state index contributed by atoms with van der Waals surface area (Å²) in [6, 6.07) is 18.9. The Balaban J connectivity index is 1.63. The summed E-state index contributed by atoms with van der Waals surface area (Å²) in [6.07, 6.45) is 1.75. The van der Waals surface area contributed by atoms with E-state index in [4.69, 9.17) is 9.15 Å². The predicted octanol–water partition coefficient (Wildman–Crippen LogP) is 5.37. The fraction of sp³-hybridized carbons (Fsp3) is 0.0500. The summed E-state index contributed by atoms with van der Waals surface area (Å²) in [6.45, 7) is 0.254. The average Bonchev–Trinajstić information content (AvgIpc) is 3.07. The molecule has 4 rings (SSSR count). The van der Waals surface area contributed by atoms with Crippen LogP contribution in [0.25, 0.3) is 17.4 Å². The Labute approximate surface area is 147 Å². The fourth-order valence-electron chi connectivity index (χ4n) is 2.65. The second kappa shape index (κ2) is 6.13. The van der Waals surface area contributed by atoms with Gasteiger partial charge in [0, 0.05) is 15.6 Å². The molecule has 0 unspecified atom stereocenters. The van der Waals surface area contributed by atoms with Crippen LogP contribution in [0.4, 0.5) is 0 Å². The van der Waals surface area contributed by atoms with Crippen molar-refractivity contribution in [3.63, 3.8) is 0 Å². The summed E-state index contributed by atoms with van der Waals surface area (Å²) < 4.78 is 12.5. The minimum atomic E-state index is -0.0153. The molecule has 1 aliphatic rings. The third-order valence-electron chi connectivity index (χ3n) is 3.88. The van der Waals surface area contributed by atoms with E-state index >= 15 is 0 Å². The largest absolute Gasteiger partial charge is 0.488 e. The molecule has 0 aliphatic carbocycles. The number of hydrogen-bond acceptors (Lipinski definition) is 3. The van der Waals surface area contributed by atoms with E-state index in [2.05, 4.69) is 15.9 Å². The van der Waals surface area contributed by atoms with Crippen molar-refractivity contribution in [2.24, 2.45) is 0 Å². The van der Waals surface area contributed by atoms with E-state index in [1.807, 2.05) is 54.6 Å². The van der Waals surface area contributed by atoms with Crippen LogP contribution in [-0.4, -0.2) is 12.4 Å². The van der Waals surface area contributed by atoms with Crippen LogP contribution in [-0.2, 0) is 0 Å². The van der Waals surface area contributed by atoms with Gasteiger partial charge in [0.15, 0.2) is 5.78 Å². The molecule has 24 heavy (non-hydrogen) atoms. The molecule has 2 aromatic carbocycles. The number of carbonyl (C=O) groups excluding carboxylic acids is 1. The second-order valence-corrected chi connectivity index (χ2v) is 6.41. The van der Waals surface area contributed by atoms with E-state index in [1.165, 1.54) is 0 Å². The van der Waals surface area contributed by atoms with Crippen LogP contribution < -0.4 is 4.74 Å². The molecule has 3 aromatic rings. The maximum atomic E-state index is 12.5. The first-order valence-electron chi connectivity index (χ1n) is 7.53. The quantitative estimate of drug-likeness (QED) is 0.561. The molecule has 2 heterocycles. The number of benzene rings is 2. The van der Waals surface area contributed by atoms with Crippen LogP contribution in [0.5, 0.6) is 5.75 Å². The molecule has 1 aliphatic heterocycles. The maximum Gasteiger partial charge on any atom is 0.196 e. The highest BCUT2D eigenvalue weighted by atomic mass is 79.9. The van der Waals surface area contributed by atoms with Gasteiger partial charge < -0.3 is 9.15 Å². The molecule has 118 valence electrons. The van der Waals surface area contributed by atoms with Gasteiger partial charge in [0.25, 0.3) is 0 Å². The lowest BCUT2D eigenvalue weighted by Crippen LogP contribution is -2.18. The SMILES string of the molecule is O=C1/C(=C/c2ccc(-c3ccc(Br)cc3)o2)COc2ccccc21. The van der Waals surface area contributed by atoms with E-state index < -0.39 is 0 Å². The standard InChI is InChI=1S/C20H13BrO3/c21-15-7-5-13(6-8-15)18-10-9-16(24-18)11-14-12-23-19-4-2-1-3-17(19)20(14)22/h1-11H,12H2/b14-11+. The molecular formula is C20H13BrO3. The number of halogens is 1. The van der Waals surface area contributed by atoms with Gasteiger partial charge in [0.1, 0.15) is 23.9 Å². The zero-order valence-corrected chi connectivity index (χ0v) is 14.2. The molecule has 0 saturated carbocycles. The second-order valence-electron chi connectivity index (χ2n) is 5.49. The first-order chi connectivity index (χ1) is 11.7. The number of para-hydroxylation sites is 1. The smallest absolute Gasteiger partial charge is 0.196 e. The molecule has 3 nitrogen and oxygen atoms in total. The number of hydrogen-bond donors (Lipinski definition) is 0. The zero-order chi connectivity index (χ0) is 16.5. The van der Waals surface area contributed by atoms with E-state index in [9.17, 15) is 4.79 Å². The summed E-state index contributed by atoms with van der Waals surface area (Å²) in [4.78, 5) is 12.5. The molecule has 0 N–H and O–H groups in total. The Morgan fingerprint density at radius 3 is 2.58 bits per heavy atom. The third kappa shape index (κ3) is 2.81. The van der Waals surface area contributed by atoms with Crippen molar-refractivity contribution in [3.05, 3.63) is 82.0 Å². The number of rotatable bonds is 2. The predicted molar refractivity (Wildman–Crippen MR) is 96.1 cm³/mol. The first-order valence-corrected chi connectivity index (χ1v) is 8.33. The Bertz CT molecular complexity index is 936. The van der Waals surface area contributed by atoms with Gasteiger partial charge in [-0.05, 0) is 42.5 Å². The number of furan rings is 1.